The van der Waals surface area contributed by atoms with Gasteiger partial charge in [-0.15, -0.1) is 11.3 Å². The number of benzene rings is 3. The van der Waals surface area contributed by atoms with E-state index in [-0.39, 0.29) is 6.61 Å². The van der Waals surface area contributed by atoms with Gasteiger partial charge in [0.15, 0.2) is 6.61 Å². The van der Waals surface area contributed by atoms with Crippen molar-refractivity contribution in [3.8, 4) is 17.2 Å². The van der Waals surface area contributed by atoms with Gasteiger partial charge < -0.3 is 14.2 Å². The van der Waals surface area contributed by atoms with E-state index in [1.807, 2.05) is 6.07 Å². The van der Waals surface area contributed by atoms with Crippen LogP contribution >= 0.6 is 46.1 Å². The second-order valence-corrected chi connectivity index (χ2v) is 9.50. The van der Waals surface area contributed by atoms with Gasteiger partial charge in [-0.25, -0.2) is 10.2 Å². The molecule has 0 fully saturated rings. The van der Waals surface area contributed by atoms with E-state index in [4.69, 9.17) is 49.0 Å². The first-order chi connectivity index (χ1) is 17.3. The number of carbonyl (C=O) groups excluding carboxylic acids is 2. The SMILES string of the molecule is COc1ccc2c(Cl)c(C(=O)Oc3ccc(/C=N\NC(=O)COc4ccc(Cl)cc4Cl)cc3)sc2c1. The Balaban J connectivity index is 1.31. The smallest absolute Gasteiger partial charge is 0.355 e. The van der Waals surface area contributed by atoms with Crippen molar-refractivity contribution in [2.75, 3.05) is 13.7 Å². The molecule has 0 unspecified atom stereocenters. The summed E-state index contributed by atoms with van der Waals surface area (Å²) in [5.74, 6) is 0.310. The zero-order chi connectivity index (χ0) is 25.7. The molecule has 0 aliphatic heterocycles. The van der Waals surface area contributed by atoms with Crippen LogP contribution in [0.5, 0.6) is 17.2 Å². The first-order valence-corrected chi connectivity index (χ1v) is 12.3. The number of hydrogen-bond donors (Lipinski definition) is 1. The van der Waals surface area contributed by atoms with Gasteiger partial charge in [0.05, 0.1) is 23.4 Å². The van der Waals surface area contributed by atoms with Crippen LogP contribution in [-0.2, 0) is 4.79 Å². The number of nitrogens with zero attached hydrogens (tertiary/aromatic N) is 1. The standard InChI is InChI=1S/C25H17Cl3N2O5S/c1-33-17-7-8-18-21(11-17)36-24(23(18)28)25(32)35-16-5-2-14(3-6-16)12-29-30-22(31)13-34-20-9-4-15(26)10-19(20)27/h2-12H,13H2,1H3,(H,30,31)/b29-12-. The number of carbonyl (C=O) groups is 2. The van der Waals surface area contributed by atoms with Crippen LogP contribution in [0.3, 0.4) is 0 Å². The second-order valence-electron chi connectivity index (χ2n) is 7.22. The minimum atomic E-state index is -0.561. The van der Waals surface area contributed by atoms with Crippen LogP contribution in [0.1, 0.15) is 15.2 Å². The maximum atomic E-state index is 12.7. The van der Waals surface area contributed by atoms with E-state index in [0.29, 0.717) is 42.8 Å². The number of fused-ring (bicyclic) bond motifs is 1. The number of hydrazone groups is 1. The molecule has 3 aromatic carbocycles. The summed E-state index contributed by atoms with van der Waals surface area (Å²) in [6.07, 6.45) is 1.44. The molecule has 0 aliphatic rings. The molecule has 0 atom stereocenters. The lowest BCUT2D eigenvalue weighted by Gasteiger charge is -2.07. The van der Waals surface area contributed by atoms with Gasteiger partial charge >= 0.3 is 5.97 Å². The molecule has 0 saturated heterocycles. The molecule has 7 nitrogen and oxygen atoms in total. The van der Waals surface area contributed by atoms with Gasteiger partial charge in [0.25, 0.3) is 5.91 Å². The Labute approximate surface area is 225 Å². The maximum absolute atomic E-state index is 12.7. The number of halogens is 3. The van der Waals surface area contributed by atoms with Crippen molar-refractivity contribution in [1.82, 2.24) is 5.43 Å². The van der Waals surface area contributed by atoms with Gasteiger partial charge in [-0.3, -0.25) is 4.79 Å². The fraction of sp³-hybridized carbons (Fsp3) is 0.0800. The minimum Gasteiger partial charge on any atom is -0.497 e. The van der Waals surface area contributed by atoms with E-state index in [2.05, 4.69) is 10.5 Å². The molecule has 0 bridgehead atoms. The van der Waals surface area contributed by atoms with Crippen molar-refractivity contribution in [1.29, 1.82) is 0 Å². The van der Waals surface area contributed by atoms with Crippen LogP contribution in [-0.4, -0.2) is 31.8 Å². The van der Waals surface area contributed by atoms with Crippen molar-refractivity contribution in [3.63, 3.8) is 0 Å². The molecule has 0 radical (unpaired) electrons. The van der Waals surface area contributed by atoms with Gasteiger partial charge in [0, 0.05) is 15.1 Å². The molecule has 4 rings (SSSR count). The van der Waals surface area contributed by atoms with Crippen LogP contribution < -0.4 is 19.6 Å². The number of esters is 1. The number of amides is 1. The maximum Gasteiger partial charge on any atom is 0.355 e. The van der Waals surface area contributed by atoms with E-state index in [9.17, 15) is 9.59 Å². The van der Waals surface area contributed by atoms with Crippen LogP contribution in [0.25, 0.3) is 10.1 Å². The lowest BCUT2D eigenvalue weighted by Crippen LogP contribution is -2.24. The van der Waals surface area contributed by atoms with Gasteiger partial charge in [-0.1, -0.05) is 34.8 Å². The third-order valence-electron chi connectivity index (χ3n) is 4.77. The van der Waals surface area contributed by atoms with Gasteiger partial charge in [0.2, 0.25) is 0 Å². The van der Waals surface area contributed by atoms with Crippen LogP contribution in [0.2, 0.25) is 15.1 Å². The lowest BCUT2D eigenvalue weighted by atomic mass is 10.2. The zero-order valence-electron chi connectivity index (χ0n) is 18.6. The summed E-state index contributed by atoms with van der Waals surface area (Å²) in [5, 5.41) is 5.74. The van der Waals surface area contributed by atoms with E-state index in [1.54, 1.807) is 55.6 Å². The molecular weight excluding hydrogens is 547 g/mol. The van der Waals surface area contributed by atoms with Crippen LogP contribution in [0.4, 0.5) is 0 Å². The highest BCUT2D eigenvalue weighted by molar-refractivity contribution is 7.21. The molecule has 0 saturated carbocycles. The zero-order valence-corrected chi connectivity index (χ0v) is 21.7. The normalized spacial score (nSPS) is 11.0. The Morgan fingerprint density at radius 1 is 1.00 bits per heavy atom. The molecule has 1 heterocycles. The lowest BCUT2D eigenvalue weighted by molar-refractivity contribution is -0.123. The average Bonchev–Trinajstić information content (AvgIpc) is 3.20. The van der Waals surface area contributed by atoms with Gasteiger partial charge in [0.1, 0.15) is 22.1 Å². The van der Waals surface area contributed by atoms with Crippen molar-refractivity contribution in [2.45, 2.75) is 0 Å². The number of ether oxygens (including phenoxy) is 3. The Morgan fingerprint density at radius 2 is 1.75 bits per heavy atom. The monoisotopic (exact) mass is 562 g/mol. The first-order valence-electron chi connectivity index (χ1n) is 10.3. The number of thiophene rings is 1. The highest BCUT2D eigenvalue weighted by Gasteiger charge is 2.19. The van der Waals surface area contributed by atoms with E-state index >= 15 is 0 Å². The van der Waals surface area contributed by atoms with E-state index in [0.717, 1.165) is 10.1 Å². The summed E-state index contributed by atoms with van der Waals surface area (Å²) in [6, 6.07) is 16.7. The minimum absolute atomic E-state index is 0.277. The van der Waals surface area contributed by atoms with Crippen molar-refractivity contribution < 1.29 is 23.8 Å². The second kappa shape index (κ2) is 11.6. The number of hydrogen-bond acceptors (Lipinski definition) is 7. The Hall–Kier alpha value is -3.30. The Bertz CT molecular complexity index is 1450. The number of methoxy groups -OCH3 is 1. The summed E-state index contributed by atoms with van der Waals surface area (Å²) in [4.78, 5) is 24.9. The van der Waals surface area contributed by atoms with Crippen LogP contribution in [0, 0.1) is 0 Å². The predicted molar refractivity (Wildman–Crippen MR) is 142 cm³/mol. The summed E-state index contributed by atoms with van der Waals surface area (Å²) < 4.78 is 16.8. The molecular formula is C25H17Cl3N2O5S. The van der Waals surface area contributed by atoms with E-state index < -0.39 is 11.9 Å². The van der Waals surface area contributed by atoms with Gasteiger partial charge in [-0.2, -0.15) is 5.10 Å². The van der Waals surface area contributed by atoms with E-state index in [1.165, 1.54) is 23.6 Å². The summed E-state index contributed by atoms with van der Waals surface area (Å²) in [6.45, 7) is -0.277. The Morgan fingerprint density at radius 3 is 2.47 bits per heavy atom. The molecule has 1 N–H and O–H groups in total. The Kier molecular flexibility index (Phi) is 8.32. The summed E-state index contributed by atoms with van der Waals surface area (Å²) in [5.41, 5.74) is 3.03. The topological polar surface area (TPSA) is 86.2 Å². The number of rotatable bonds is 8. The highest BCUT2D eigenvalue weighted by Crippen LogP contribution is 2.37. The largest absolute Gasteiger partial charge is 0.497 e. The molecule has 36 heavy (non-hydrogen) atoms. The molecule has 11 heteroatoms. The van der Waals surface area contributed by atoms with Crippen molar-refractivity contribution in [2.24, 2.45) is 5.10 Å². The number of nitrogens with one attached hydrogen (secondary N) is 1. The van der Waals surface area contributed by atoms with Crippen molar-refractivity contribution >= 4 is 74.3 Å². The van der Waals surface area contributed by atoms with Crippen molar-refractivity contribution in [3.05, 3.63) is 86.2 Å². The van der Waals surface area contributed by atoms with Gasteiger partial charge in [-0.05, 0) is 66.2 Å². The molecule has 1 amide bonds. The third-order valence-corrected chi connectivity index (χ3v) is 6.94. The molecule has 4 aromatic rings. The highest BCUT2D eigenvalue weighted by atomic mass is 35.5. The quantitative estimate of drug-likeness (QED) is 0.113. The molecule has 184 valence electrons. The van der Waals surface area contributed by atoms with Crippen LogP contribution in [0.15, 0.2) is 65.8 Å². The molecule has 0 spiro atoms. The molecule has 1 aromatic heterocycles. The summed E-state index contributed by atoms with van der Waals surface area (Å²) >= 11 is 19.4. The fourth-order valence-corrected chi connectivity index (χ4v) is 4.90. The predicted octanol–water partition coefficient (Wildman–Crippen LogP) is 6.62. The first kappa shape index (κ1) is 25.8. The summed E-state index contributed by atoms with van der Waals surface area (Å²) in [7, 11) is 1.57. The third kappa shape index (κ3) is 6.27. The average molecular weight is 564 g/mol. The fourth-order valence-electron chi connectivity index (χ4n) is 3.03. The molecule has 0 aliphatic carbocycles.